The summed E-state index contributed by atoms with van der Waals surface area (Å²) < 4.78 is 1.33. The highest BCUT2D eigenvalue weighted by atomic mass is 16.4. The maximum absolute atomic E-state index is 10.8. The van der Waals surface area contributed by atoms with E-state index in [2.05, 4.69) is 10.1 Å². The zero-order valence-electron chi connectivity index (χ0n) is 9.01. The molecule has 0 aliphatic rings. The molecule has 1 N–H and O–H groups in total. The lowest BCUT2D eigenvalue weighted by Gasteiger charge is -1.95. The Labute approximate surface area is 92.4 Å². The van der Waals surface area contributed by atoms with Gasteiger partial charge in [0.15, 0.2) is 0 Å². The molecule has 0 aromatic carbocycles. The van der Waals surface area contributed by atoms with Crippen molar-refractivity contribution in [3.05, 3.63) is 35.7 Å². The van der Waals surface area contributed by atoms with E-state index < -0.39 is 5.97 Å². The molecule has 2 aromatic rings. The predicted molar refractivity (Wildman–Crippen MR) is 58.1 cm³/mol. The van der Waals surface area contributed by atoms with E-state index in [4.69, 9.17) is 5.11 Å². The van der Waals surface area contributed by atoms with Crippen molar-refractivity contribution in [2.45, 2.75) is 6.92 Å². The summed E-state index contributed by atoms with van der Waals surface area (Å²) in [5.74, 6) is -0.992. The van der Waals surface area contributed by atoms with Gasteiger partial charge in [0, 0.05) is 19.3 Å². The van der Waals surface area contributed by atoms with Gasteiger partial charge in [0.05, 0.1) is 5.69 Å². The van der Waals surface area contributed by atoms with E-state index >= 15 is 0 Å². The normalized spacial score (nSPS) is 10.4. The van der Waals surface area contributed by atoms with Crippen molar-refractivity contribution < 1.29 is 9.90 Å². The van der Waals surface area contributed by atoms with E-state index in [1.807, 2.05) is 19.1 Å². The van der Waals surface area contributed by atoms with Gasteiger partial charge >= 0.3 is 5.97 Å². The van der Waals surface area contributed by atoms with Crippen LogP contribution in [-0.4, -0.2) is 25.8 Å². The van der Waals surface area contributed by atoms with Crippen LogP contribution in [0.1, 0.15) is 16.1 Å². The summed E-state index contributed by atoms with van der Waals surface area (Å²) >= 11 is 0. The first-order chi connectivity index (χ1) is 7.58. The maximum atomic E-state index is 10.8. The molecule has 0 aliphatic carbocycles. The van der Waals surface area contributed by atoms with Gasteiger partial charge in [-0.3, -0.25) is 9.67 Å². The molecule has 0 atom stereocenters. The molecule has 0 aliphatic heterocycles. The molecule has 2 heterocycles. The molecule has 0 spiro atoms. The topological polar surface area (TPSA) is 68.0 Å². The average Bonchev–Trinajstić information content (AvgIpc) is 2.61. The summed E-state index contributed by atoms with van der Waals surface area (Å²) in [5.41, 5.74) is 2.45. The van der Waals surface area contributed by atoms with E-state index in [0.717, 1.165) is 5.56 Å². The van der Waals surface area contributed by atoms with Gasteiger partial charge < -0.3 is 5.11 Å². The highest BCUT2D eigenvalue weighted by Crippen LogP contribution is 2.16. The van der Waals surface area contributed by atoms with E-state index in [0.29, 0.717) is 11.4 Å². The number of aromatic nitrogens is 3. The Morgan fingerprint density at radius 1 is 1.38 bits per heavy atom. The van der Waals surface area contributed by atoms with Gasteiger partial charge in [-0.05, 0) is 18.6 Å². The molecule has 5 heteroatoms. The molecule has 16 heavy (non-hydrogen) atoms. The number of hydrogen-bond donors (Lipinski definition) is 1. The Hall–Kier alpha value is -2.17. The third-order valence-electron chi connectivity index (χ3n) is 2.27. The molecular formula is C11H11N3O2. The van der Waals surface area contributed by atoms with Crippen LogP contribution in [0.15, 0.2) is 24.4 Å². The van der Waals surface area contributed by atoms with Gasteiger partial charge in [0.25, 0.3) is 0 Å². The standard InChI is InChI=1S/C11H11N3O2/c1-7-3-4-8(12-6-7)9-5-10(11(15)16)14(2)13-9/h3-6H,1-2H3,(H,15,16). The minimum atomic E-state index is -0.992. The lowest BCUT2D eigenvalue weighted by molar-refractivity contribution is 0.0685. The fraction of sp³-hybridized carbons (Fsp3) is 0.182. The maximum Gasteiger partial charge on any atom is 0.354 e. The first-order valence-corrected chi connectivity index (χ1v) is 4.78. The minimum absolute atomic E-state index is 0.150. The summed E-state index contributed by atoms with van der Waals surface area (Å²) in [5, 5.41) is 13.0. The fourth-order valence-corrected chi connectivity index (χ4v) is 1.41. The summed E-state index contributed by atoms with van der Waals surface area (Å²) in [6.45, 7) is 1.94. The minimum Gasteiger partial charge on any atom is -0.477 e. The summed E-state index contributed by atoms with van der Waals surface area (Å²) in [7, 11) is 1.60. The number of rotatable bonds is 2. The van der Waals surface area contributed by atoms with Gasteiger partial charge in [-0.1, -0.05) is 6.07 Å². The molecule has 2 aromatic heterocycles. The number of aromatic carboxylic acids is 1. The molecule has 0 amide bonds. The summed E-state index contributed by atoms with van der Waals surface area (Å²) in [6.07, 6.45) is 1.73. The van der Waals surface area contributed by atoms with Crippen LogP contribution in [0.25, 0.3) is 11.4 Å². The van der Waals surface area contributed by atoms with Crippen LogP contribution < -0.4 is 0 Å². The number of carboxylic acids is 1. The number of nitrogens with zero attached hydrogens (tertiary/aromatic N) is 3. The molecule has 0 bridgehead atoms. The number of aryl methyl sites for hydroxylation is 2. The Balaban J connectivity index is 2.45. The van der Waals surface area contributed by atoms with Crippen molar-refractivity contribution >= 4 is 5.97 Å². The lowest BCUT2D eigenvalue weighted by Crippen LogP contribution is -2.04. The Kier molecular flexibility index (Phi) is 2.44. The Morgan fingerprint density at radius 3 is 2.62 bits per heavy atom. The molecule has 0 unspecified atom stereocenters. The number of carboxylic acid groups (broad SMARTS) is 1. The third kappa shape index (κ3) is 1.79. The van der Waals surface area contributed by atoms with Crippen LogP contribution in [-0.2, 0) is 7.05 Å². The lowest BCUT2D eigenvalue weighted by atomic mass is 10.2. The fourth-order valence-electron chi connectivity index (χ4n) is 1.41. The van der Waals surface area contributed by atoms with Crippen molar-refractivity contribution in [3.63, 3.8) is 0 Å². The van der Waals surface area contributed by atoms with Crippen molar-refractivity contribution in [1.82, 2.24) is 14.8 Å². The van der Waals surface area contributed by atoms with Crippen LogP contribution in [0.2, 0.25) is 0 Å². The van der Waals surface area contributed by atoms with E-state index in [1.54, 1.807) is 13.2 Å². The van der Waals surface area contributed by atoms with Crippen molar-refractivity contribution in [2.75, 3.05) is 0 Å². The smallest absolute Gasteiger partial charge is 0.354 e. The number of pyridine rings is 1. The molecule has 0 radical (unpaired) electrons. The first-order valence-electron chi connectivity index (χ1n) is 4.78. The predicted octanol–water partition coefficient (Wildman–Crippen LogP) is 1.49. The van der Waals surface area contributed by atoms with Crippen LogP contribution in [0.5, 0.6) is 0 Å². The summed E-state index contributed by atoms with van der Waals surface area (Å²) in [6, 6.07) is 5.25. The van der Waals surface area contributed by atoms with E-state index in [-0.39, 0.29) is 5.69 Å². The van der Waals surface area contributed by atoms with Gasteiger partial charge in [-0.2, -0.15) is 5.10 Å². The average molecular weight is 217 g/mol. The Morgan fingerprint density at radius 2 is 2.12 bits per heavy atom. The zero-order chi connectivity index (χ0) is 11.7. The highest BCUT2D eigenvalue weighted by Gasteiger charge is 2.13. The van der Waals surface area contributed by atoms with Crippen LogP contribution in [0.4, 0.5) is 0 Å². The molecule has 0 fully saturated rings. The largest absolute Gasteiger partial charge is 0.477 e. The molecular weight excluding hydrogens is 206 g/mol. The van der Waals surface area contributed by atoms with E-state index in [9.17, 15) is 4.79 Å². The van der Waals surface area contributed by atoms with Gasteiger partial charge in [-0.15, -0.1) is 0 Å². The van der Waals surface area contributed by atoms with Crippen LogP contribution >= 0.6 is 0 Å². The number of carbonyl (C=O) groups is 1. The first kappa shape index (κ1) is 10.4. The molecule has 2 rings (SSSR count). The monoisotopic (exact) mass is 217 g/mol. The van der Waals surface area contributed by atoms with Crippen molar-refractivity contribution in [3.8, 4) is 11.4 Å². The molecule has 0 saturated heterocycles. The molecule has 5 nitrogen and oxygen atoms in total. The number of hydrogen-bond acceptors (Lipinski definition) is 3. The Bertz CT molecular complexity index is 529. The second-order valence-electron chi connectivity index (χ2n) is 3.56. The van der Waals surface area contributed by atoms with Gasteiger partial charge in [0.1, 0.15) is 11.4 Å². The van der Waals surface area contributed by atoms with Gasteiger partial charge in [-0.25, -0.2) is 4.79 Å². The van der Waals surface area contributed by atoms with E-state index in [1.165, 1.54) is 10.7 Å². The second kappa shape index (κ2) is 3.77. The highest BCUT2D eigenvalue weighted by molar-refractivity contribution is 5.87. The van der Waals surface area contributed by atoms with Crippen molar-refractivity contribution in [2.24, 2.45) is 7.05 Å². The second-order valence-corrected chi connectivity index (χ2v) is 3.56. The SMILES string of the molecule is Cc1ccc(-c2cc(C(=O)O)n(C)n2)nc1. The third-order valence-corrected chi connectivity index (χ3v) is 2.27. The molecule has 82 valence electrons. The molecule has 0 saturated carbocycles. The van der Waals surface area contributed by atoms with Gasteiger partial charge in [0.2, 0.25) is 0 Å². The quantitative estimate of drug-likeness (QED) is 0.827. The zero-order valence-corrected chi connectivity index (χ0v) is 9.01. The summed E-state index contributed by atoms with van der Waals surface area (Å²) in [4.78, 5) is 15.0. The van der Waals surface area contributed by atoms with Crippen LogP contribution in [0.3, 0.4) is 0 Å². The van der Waals surface area contributed by atoms with Crippen molar-refractivity contribution in [1.29, 1.82) is 0 Å². The van der Waals surface area contributed by atoms with Crippen LogP contribution in [0, 0.1) is 6.92 Å².